The van der Waals surface area contributed by atoms with Gasteiger partial charge < -0.3 is 19.5 Å². The third kappa shape index (κ3) is 9.28. The van der Waals surface area contributed by atoms with Gasteiger partial charge in [0.2, 0.25) is 0 Å². The van der Waals surface area contributed by atoms with Crippen LogP contribution in [0.2, 0.25) is 0 Å². The summed E-state index contributed by atoms with van der Waals surface area (Å²) in [6.45, 7) is 10.4. The van der Waals surface area contributed by atoms with Gasteiger partial charge in [-0.15, -0.1) is 0 Å². The highest BCUT2D eigenvalue weighted by Crippen LogP contribution is 2.57. The summed E-state index contributed by atoms with van der Waals surface area (Å²) in [4.78, 5) is 2.18. The number of aliphatic hydroxyl groups excluding tert-OH is 1. The van der Waals surface area contributed by atoms with Gasteiger partial charge in [0.15, 0.2) is 0 Å². The van der Waals surface area contributed by atoms with Gasteiger partial charge in [0.1, 0.15) is 11.5 Å². The molecule has 0 radical (unpaired) electrons. The smallest absolute Gasteiger partial charge is 0.416 e. The van der Waals surface area contributed by atoms with Gasteiger partial charge in [-0.2, -0.15) is 26.3 Å². The largest absolute Gasteiger partial charge is 0.496 e. The van der Waals surface area contributed by atoms with E-state index in [1.165, 1.54) is 24.3 Å². The van der Waals surface area contributed by atoms with Crippen molar-refractivity contribution in [1.82, 2.24) is 4.90 Å². The molecule has 320 valence electrons. The van der Waals surface area contributed by atoms with E-state index in [0.29, 0.717) is 21.5 Å². The second kappa shape index (κ2) is 18.2. The Morgan fingerprint density at radius 2 is 1.05 bits per heavy atom. The number of benzene rings is 5. The first-order valence-electron chi connectivity index (χ1n) is 19.9. The van der Waals surface area contributed by atoms with E-state index in [4.69, 9.17) is 9.47 Å². The second-order valence-corrected chi connectivity index (χ2v) is 20.7. The van der Waals surface area contributed by atoms with Crippen LogP contribution in [0.5, 0.6) is 11.5 Å². The summed E-state index contributed by atoms with van der Waals surface area (Å²) in [6, 6.07) is 26.0. The van der Waals surface area contributed by atoms with Gasteiger partial charge in [0, 0.05) is 12.0 Å². The lowest BCUT2D eigenvalue weighted by molar-refractivity contribution is -0.138. The molecular formula is C48H53F6NO3P2. The molecule has 4 nitrogen and oxygen atoms in total. The standard InChI is InChI=1S/C48H53F6NO3P2/c1-28-24-37(25-29(2)45(28)57-8)60(38-26-30(3)46(58-9)31(4)27-38)42-23-22-39(32(5)55(6)7)43(42)44(56)40-12-10-11-13-41(40)59(35-18-14-33(15-19-35)47(49,50)51)36-20-16-34(17-21-36)48(52,53)54/h10-21,24-27,32,39,42-44,56H,22-23H2,1-9H3/t32-,39?,42?,43?,44?/m1/s1. The minimum absolute atomic E-state index is 0.0155. The third-order valence-electron chi connectivity index (χ3n) is 12.1. The molecule has 1 saturated carbocycles. The van der Waals surface area contributed by atoms with Gasteiger partial charge in [-0.3, -0.25) is 0 Å². The molecule has 6 rings (SSSR count). The number of aliphatic hydroxyl groups is 1. The number of hydrogen-bond acceptors (Lipinski definition) is 4. The molecule has 60 heavy (non-hydrogen) atoms. The molecule has 0 heterocycles. The zero-order chi connectivity index (χ0) is 43.8. The van der Waals surface area contributed by atoms with Crippen LogP contribution in [0.15, 0.2) is 97.1 Å². The molecule has 0 saturated heterocycles. The van der Waals surface area contributed by atoms with E-state index in [-0.39, 0.29) is 23.5 Å². The van der Waals surface area contributed by atoms with Crippen LogP contribution in [0.1, 0.15) is 64.8 Å². The number of hydrogen-bond donors (Lipinski definition) is 1. The number of halogens is 6. The van der Waals surface area contributed by atoms with Gasteiger partial charge in [-0.1, -0.05) is 48.5 Å². The molecule has 0 bridgehead atoms. The summed E-state index contributed by atoms with van der Waals surface area (Å²) in [7, 11) is 4.58. The van der Waals surface area contributed by atoms with Crippen molar-refractivity contribution in [1.29, 1.82) is 0 Å². The van der Waals surface area contributed by atoms with Gasteiger partial charge in [0.05, 0.1) is 31.5 Å². The first-order valence-corrected chi connectivity index (χ1v) is 22.7. The predicted molar refractivity (Wildman–Crippen MR) is 234 cm³/mol. The van der Waals surface area contributed by atoms with Crippen LogP contribution in [0.4, 0.5) is 26.3 Å². The van der Waals surface area contributed by atoms with Crippen molar-refractivity contribution in [2.24, 2.45) is 11.8 Å². The topological polar surface area (TPSA) is 41.9 Å². The van der Waals surface area contributed by atoms with Crippen molar-refractivity contribution >= 4 is 42.4 Å². The first kappa shape index (κ1) is 45.6. The van der Waals surface area contributed by atoms with Crippen LogP contribution in [-0.4, -0.2) is 50.0 Å². The molecule has 1 aliphatic carbocycles. The van der Waals surface area contributed by atoms with Crippen molar-refractivity contribution in [2.45, 2.75) is 77.6 Å². The molecule has 12 heteroatoms. The highest BCUT2D eigenvalue weighted by atomic mass is 31.1. The van der Waals surface area contributed by atoms with Crippen LogP contribution in [0, 0.1) is 39.5 Å². The van der Waals surface area contributed by atoms with Gasteiger partial charge in [-0.25, -0.2) is 0 Å². The lowest BCUT2D eigenvalue weighted by Crippen LogP contribution is -2.40. The summed E-state index contributed by atoms with van der Waals surface area (Å²) in [5, 5.41) is 17.3. The number of ether oxygens (including phenoxy) is 2. The van der Waals surface area contributed by atoms with Crippen molar-refractivity contribution in [3.05, 3.63) is 136 Å². The van der Waals surface area contributed by atoms with E-state index in [0.717, 1.165) is 81.5 Å². The number of aryl methyl sites for hydroxylation is 4. The van der Waals surface area contributed by atoms with Crippen LogP contribution >= 0.6 is 15.8 Å². The molecule has 5 atom stereocenters. The van der Waals surface area contributed by atoms with Crippen molar-refractivity contribution < 1.29 is 40.9 Å². The fraction of sp³-hybridized carbons (Fsp3) is 0.375. The molecule has 0 aromatic heterocycles. The minimum atomic E-state index is -4.57. The quantitative estimate of drug-likeness (QED) is 0.100. The molecule has 1 fully saturated rings. The Bertz CT molecular complexity index is 2110. The number of methoxy groups -OCH3 is 2. The van der Waals surface area contributed by atoms with E-state index in [1.807, 2.05) is 66.1 Å². The fourth-order valence-corrected chi connectivity index (χ4v) is 15.2. The third-order valence-corrected chi connectivity index (χ3v) is 17.5. The van der Waals surface area contributed by atoms with Gasteiger partial charge in [-0.05, 0) is 192 Å². The molecule has 5 aromatic carbocycles. The average Bonchev–Trinajstić information content (AvgIpc) is 3.61. The normalized spacial score (nSPS) is 18.4. The van der Waals surface area contributed by atoms with E-state index in [2.05, 4.69) is 36.1 Å². The summed E-state index contributed by atoms with van der Waals surface area (Å²) in [5.74, 6) is 1.41. The first-order chi connectivity index (χ1) is 28.3. The number of nitrogens with zero attached hydrogens (tertiary/aromatic N) is 1. The molecule has 5 aromatic rings. The van der Waals surface area contributed by atoms with E-state index < -0.39 is 45.4 Å². The van der Waals surface area contributed by atoms with Crippen LogP contribution in [-0.2, 0) is 12.4 Å². The monoisotopic (exact) mass is 867 g/mol. The lowest BCUT2D eigenvalue weighted by Gasteiger charge is -2.40. The summed E-state index contributed by atoms with van der Waals surface area (Å²) in [5.41, 5.74) is 3.01. The summed E-state index contributed by atoms with van der Waals surface area (Å²) >= 11 is 0. The lowest BCUT2D eigenvalue weighted by atomic mass is 9.82. The maximum absolute atomic E-state index is 13.8. The van der Waals surface area contributed by atoms with E-state index in [9.17, 15) is 31.4 Å². The zero-order valence-electron chi connectivity index (χ0n) is 35.4. The average molecular weight is 868 g/mol. The Kier molecular flexibility index (Phi) is 13.8. The Morgan fingerprint density at radius 1 is 0.633 bits per heavy atom. The van der Waals surface area contributed by atoms with E-state index >= 15 is 0 Å². The SMILES string of the molecule is COc1c(C)cc(P(c2cc(C)c(OC)c(C)c2)C2CCC([C@@H](C)N(C)C)C2C(O)c2ccccc2P(c2ccc(C(F)(F)F)cc2)c2ccc(C(F)(F)F)cc2)cc1C. The highest BCUT2D eigenvalue weighted by Gasteiger charge is 2.48. The summed E-state index contributed by atoms with van der Waals surface area (Å²) in [6.07, 6.45) is -8.49. The molecule has 0 amide bonds. The molecule has 1 N–H and O–H groups in total. The van der Waals surface area contributed by atoms with Crippen LogP contribution in [0.25, 0.3) is 0 Å². The summed E-state index contributed by atoms with van der Waals surface area (Å²) < 4.78 is 94.3. The Morgan fingerprint density at radius 3 is 1.43 bits per heavy atom. The van der Waals surface area contributed by atoms with Gasteiger partial charge >= 0.3 is 12.4 Å². The van der Waals surface area contributed by atoms with Gasteiger partial charge in [0.25, 0.3) is 0 Å². The van der Waals surface area contributed by atoms with Crippen LogP contribution in [0.3, 0.4) is 0 Å². The number of rotatable bonds is 12. The van der Waals surface area contributed by atoms with Crippen molar-refractivity contribution in [2.75, 3.05) is 28.3 Å². The Labute approximate surface area is 352 Å². The number of alkyl halides is 6. The van der Waals surface area contributed by atoms with Crippen LogP contribution < -0.4 is 36.0 Å². The molecular weight excluding hydrogens is 814 g/mol. The fourth-order valence-electron chi connectivity index (χ4n) is 9.21. The molecule has 4 unspecified atom stereocenters. The maximum atomic E-state index is 13.8. The second-order valence-electron chi connectivity index (χ2n) is 16.1. The van der Waals surface area contributed by atoms with Crippen molar-refractivity contribution in [3.63, 3.8) is 0 Å². The highest BCUT2D eigenvalue weighted by molar-refractivity contribution is 7.80. The zero-order valence-corrected chi connectivity index (χ0v) is 37.2. The maximum Gasteiger partial charge on any atom is 0.416 e. The van der Waals surface area contributed by atoms with E-state index in [1.54, 1.807) is 14.2 Å². The Hall–Kier alpha value is -3.94. The molecule has 0 aliphatic heterocycles. The molecule has 1 aliphatic rings. The minimum Gasteiger partial charge on any atom is -0.496 e. The van der Waals surface area contributed by atoms with Crippen molar-refractivity contribution in [3.8, 4) is 11.5 Å². The molecule has 0 spiro atoms. The Balaban J connectivity index is 1.57. The predicted octanol–water partition coefficient (Wildman–Crippen LogP) is 10.2.